The number of nitrogens with one attached hydrogen (secondary N) is 2. The molecule has 0 saturated heterocycles. The summed E-state index contributed by atoms with van der Waals surface area (Å²) in [5.74, 6) is 0.452. The van der Waals surface area contributed by atoms with Crippen molar-refractivity contribution in [3.8, 4) is 5.69 Å². The van der Waals surface area contributed by atoms with Crippen LogP contribution in [-0.2, 0) is 6.18 Å². The van der Waals surface area contributed by atoms with Gasteiger partial charge in [0.2, 0.25) is 0 Å². The lowest BCUT2D eigenvalue weighted by Gasteiger charge is -2.28. The van der Waals surface area contributed by atoms with Gasteiger partial charge in [-0.25, -0.2) is 4.99 Å². The Morgan fingerprint density at radius 3 is 2.24 bits per heavy atom. The molecule has 41 heavy (non-hydrogen) atoms. The molecule has 1 aliphatic rings. The minimum absolute atomic E-state index is 0.0586. The average molecular weight is 559 g/mol. The fourth-order valence-electron chi connectivity index (χ4n) is 4.89. The van der Waals surface area contributed by atoms with E-state index in [2.05, 4.69) is 36.1 Å². The number of hydrogen-bond donors (Lipinski definition) is 2. The molecular formula is C34H37F3N4. The van der Waals surface area contributed by atoms with Crippen molar-refractivity contribution in [3.63, 3.8) is 0 Å². The monoisotopic (exact) mass is 558 g/mol. The number of nitrogens with zero attached hydrogens (tertiary/aromatic N) is 2. The Morgan fingerprint density at radius 2 is 1.56 bits per heavy atom. The lowest BCUT2D eigenvalue weighted by atomic mass is 10.0. The molecule has 1 aromatic heterocycles. The zero-order valence-electron chi connectivity index (χ0n) is 23.8. The fraction of sp³-hybridized carbons (Fsp3) is 0.265. The van der Waals surface area contributed by atoms with Gasteiger partial charge in [0.05, 0.1) is 11.3 Å². The third-order valence-electron chi connectivity index (χ3n) is 6.95. The van der Waals surface area contributed by atoms with Gasteiger partial charge in [-0.15, -0.1) is 0 Å². The van der Waals surface area contributed by atoms with E-state index in [9.17, 15) is 13.2 Å². The van der Waals surface area contributed by atoms with E-state index in [1.807, 2.05) is 78.5 Å². The van der Waals surface area contributed by atoms with Crippen molar-refractivity contribution in [1.82, 2.24) is 9.88 Å². The summed E-state index contributed by atoms with van der Waals surface area (Å²) in [5.41, 5.74) is 4.24. The van der Waals surface area contributed by atoms with E-state index in [0.717, 1.165) is 28.4 Å². The van der Waals surface area contributed by atoms with Crippen molar-refractivity contribution in [2.45, 2.75) is 58.8 Å². The number of fused-ring (bicyclic) bond motifs is 1. The van der Waals surface area contributed by atoms with Crippen molar-refractivity contribution >= 4 is 17.2 Å². The zero-order chi connectivity index (χ0) is 29.4. The van der Waals surface area contributed by atoms with Crippen molar-refractivity contribution < 1.29 is 13.2 Å². The quantitative estimate of drug-likeness (QED) is 0.222. The number of rotatable bonds is 7. The standard InChI is InChI=1S/C28H23F3N4.C6H14/c1-18-10-9-15-24(35-16-7-8-17-35)25(18)19(2)32-27-21-12-4-6-14-23(21)33-26(34-27)20-11-3-5-13-22(20)28(29,30)31;1-3-5-6-4-2/h3-17,26,33H,2H2,1H3,(H,32,34);3-6H2,1-2H3. The molecule has 4 aromatic rings. The van der Waals surface area contributed by atoms with Crippen LogP contribution in [0.15, 0.2) is 103 Å². The summed E-state index contributed by atoms with van der Waals surface area (Å²) in [5, 5.41) is 6.47. The summed E-state index contributed by atoms with van der Waals surface area (Å²) in [7, 11) is 0. The molecule has 0 fully saturated rings. The molecule has 7 heteroatoms. The molecule has 1 aliphatic heterocycles. The number of aliphatic imine (C=N–C) groups is 1. The largest absolute Gasteiger partial charge is 0.416 e. The number of benzene rings is 3. The SMILES string of the molecule is C=C(NC1=NC(c2ccccc2C(F)(F)F)Nc2ccccc21)c1c(C)cccc1-n1cccc1.CCCCCC. The van der Waals surface area contributed by atoms with Gasteiger partial charge in [0, 0.05) is 40.5 Å². The molecule has 0 aliphatic carbocycles. The molecule has 0 radical (unpaired) electrons. The molecule has 1 unspecified atom stereocenters. The van der Waals surface area contributed by atoms with E-state index in [4.69, 9.17) is 0 Å². The van der Waals surface area contributed by atoms with Crippen LogP contribution < -0.4 is 10.6 Å². The number of halogens is 3. The number of hydrogen-bond acceptors (Lipinski definition) is 3. The summed E-state index contributed by atoms with van der Waals surface area (Å²) < 4.78 is 43.2. The van der Waals surface area contributed by atoms with E-state index >= 15 is 0 Å². The predicted octanol–water partition coefficient (Wildman–Crippen LogP) is 9.52. The molecule has 3 aromatic carbocycles. The van der Waals surface area contributed by atoms with Crippen LogP contribution in [0.5, 0.6) is 0 Å². The molecule has 5 rings (SSSR count). The predicted molar refractivity (Wildman–Crippen MR) is 163 cm³/mol. The Balaban J connectivity index is 0.000000585. The van der Waals surface area contributed by atoms with Crippen LogP contribution in [-0.4, -0.2) is 10.4 Å². The molecule has 0 saturated carbocycles. The topological polar surface area (TPSA) is 41.4 Å². The van der Waals surface area contributed by atoms with Crippen LogP contribution in [0.1, 0.15) is 73.5 Å². The zero-order valence-corrected chi connectivity index (χ0v) is 23.8. The smallest absolute Gasteiger partial charge is 0.359 e. The molecule has 214 valence electrons. The van der Waals surface area contributed by atoms with Crippen LogP contribution in [0.25, 0.3) is 11.4 Å². The molecule has 0 amide bonds. The second kappa shape index (κ2) is 13.4. The second-order valence-electron chi connectivity index (χ2n) is 10.0. The van der Waals surface area contributed by atoms with Gasteiger partial charge in [-0.05, 0) is 48.9 Å². The third kappa shape index (κ3) is 7.09. The maximum absolute atomic E-state index is 13.7. The molecule has 1 atom stereocenters. The van der Waals surface area contributed by atoms with Crippen LogP contribution in [0.2, 0.25) is 0 Å². The Morgan fingerprint density at radius 1 is 0.902 bits per heavy atom. The third-order valence-corrected chi connectivity index (χ3v) is 6.95. The maximum atomic E-state index is 13.7. The highest BCUT2D eigenvalue weighted by Crippen LogP contribution is 2.38. The molecule has 2 N–H and O–H groups in total. The van der Waals surface area contributed by atoms with E-state index in [1.165, 1.54) is 37.8 Å². The number of anilines is 1. The number of unbranched alkanes of at least 4 members (excludes halogenated alkanes) is 3. The number of para-hydroxylation sites is 1. The summed E-state index contributed by atoms with van der Waals surface area (Å²) in [6, 6.07) is 22.8. The fourth-order valence-corrected chi connectivity index (χ4v) is 4.89. The second-order valence-corrected chi connectivity index (χ2v) is 10.0. The first-order valence-electron chi connectivity index (χ1n) is 14.0. The van der Waals surface area contributed by atoms with E-state index in [1.54, 1.807) is 6.07 Å². The van der Waals surface area contributed by atoms with Crippen LogP contribution in [0, 0.1) is 6.92 Å². The van der Waals surface area contributed by atoms with Gasteiger partial charge in [0.1, 0.15) is 12.0 Å². The molecule has 2 heterocycles. The van der Waals surface area contributed by atoms with Crippen LogP contribution in [0.3, 0.4) is 0 Å². The minimum atomic E-state index is -4.49. The van der Waals surface area contributed by atoms with E-state index in [-0.39, 0.29) is 5.56 Å². The van der Waals surface area contributed by atoms with Crippen molar-refractivity contribution in [2.75, 3.05) is 5.32 Å². The first-order chi connectivity index (χ1) is 19.7. The summed E-state index contributed by atoms with van der Waals surface area (Å²) >= 11 is 0. The molecule has 0 spiro atoms. The normalized spacial score (nSPS) is 14.2. The Bertz CT molecular complexity index is 1480. The van der Waals surface area contributed by atoms with E-state index < -0.39 is 17.9 Å². The Labute approximate surface area is 240 Å². The average Bonchev–Trinajstić information content (AvgIpc) is 3.51. The van der Waals surface area contributed by atoms with Gasteiger partial charge in [-0.3, -0.25) is 0 Å². The Hall–Kier alpha value is -4.26. The lowest BCUT2D eigenvalue weighted by Crippen LogP contribution is -2.30. The summed E-state index contributed by atoms with van der Waals surface area (Å²) in [6.45, 7) is 10.7. The van der Waals surface area contributed by atoms with Crippen molar-refractivity contribution in [3.05, 3.63) is 126 Å². The number of amidine groups is 1. The highest BCUT2D eigenvalue weighted by Gasteiger charge is 2.36. The Kier molecular flexibility index (Phi) is 9.71. The van der Waals surface area contributed by atoms with Crippen molar-refractivity contribution in [2.24, 2.45) is 4.99 Å². The van der Waals surface area contributed by atoms with Gasteiger partial charge in [-0.2, -0.15) is 13.2 Å². The van der Waals surface area contributed by atoms with Gasteiger partial charge in [0.15, 0.2) is 0 Å². The minimum Gasteiger partial charge on any atom is -0.359 e. The van der Waals surface area contributed by atoms with Crippen molar-refractivity contribution in [1.29, 1.82) is 0 Å². The molecular weight excluding hydrogens is 521 g/mol. The number of aryl methyl sites for hydroxylation is 1. The van der Waals surface area contributed by atoms with E-state index in [0.29, 0.717) is 17.2 Å². The van der Waals surface area contributed by atoms with Crippen LogP contribution >= 0.6 is 0 Å². The van der Waals surface area contributed by atoms with Crippen LogP contribution in [0.4, 0.5) is 18.9 Å². The van der Waals surface area contributed by atoms with Gasteiger partial charge >= 0.3 is 6.18 Å². The highest BCUT2D eigenvalue weighted by molar-refractivity contribution is 6.08. The summed E-state index contributed by atoms with van der Waals surface area (Å²) in [6.07, 6.45) is 4.03. The number of alkyl halides is 3. The van der Waals surface area contributed by atoms with Gasteiger partial charge < -0.3 is 15.2 Å². The number of aromatic nitrogens is 1. The highest BCUT2D eigenvalue weighted by atomic mass is 19.4. The molecule has 4 nitrogen and oxygen atoms in total. The van der Waals surface area contributed by atoms with Gasteiger partial charge in [0.25, 0.3) is 0 Å². The first-order valence-corrected chi connectivity index (χ1v) is 14.0. The van der Waals surface area contributed by atoms with Gasteiger partial charge in [-0.1, -0.05) is 88.6 Å². The maximum Gasteiger partial charge on any atom is 0.416 e. The first kappa shape index (κ1) is 29.7. The summed E-state index contributed by atoms with van der Waals surface area (Å²) in [4.78, 5) is 4.68. The molecule has 0 bridgehead atoms. The lowest BCUT2D eigenvalue weighted by molar-refractivity contribution is -0.138.